The monoisotopic (exact) mass is 305 g/mol. The molecule has 1 aliphatic carbocycles. The van der Waals surface area contributed by atoms with E-state index in [1.807, 2.05) is 6.07 Å². The SMILES string of the molecule is O=C(NC1(c2cccs2)CC1)c1cnc(C2CNC2)s1. The Morgan fingerprint density at radius 1 is 1.45 bits per heavy atom. The van der Waals surface area contributed by atoms with E-state index in [9.17, 15) is 4.79 Å². The number of nitrogens with zero attached hydrogens (tertiary/aromatic N) is 1. The molecule has 0 bridgehead atoms. The number of hydrogen-bond donors (Lipinski definition) is 2. The van der Waals surface area contributed by atoms with Crippen molar-refractivity contribution in [3.8, 4) is 0 Å². The van der Waals surface area contributed by atoms with E-state index < -0.39 is 0 Å². The van der Waals surface area contributed by atoms with Crippen LogP contribution in [0.4, 0.5) is 0 Å². The summed E-state index contributed by atoms with van der Waals surface area (Å²) in [4.78, 5) is 18.8. The zero-order chi connectivity index (χ0) is 13.6. The standard InChI is InChI=1S/C14H15N3OS2/c18-12(10-8-16-13(20-10)9-6-15-7-9)17-14(3-4-14)11-2-1-5-19-11/h1-2,5,8-9,15H,3-4,6-7H2,(H,17,18). The summed E-state index contributed by atoms with van der Waals surface area (Å²) in [6.07, 6.45) is 3.80. The van der Waals surface area contributed by atoms with Crippen LogP contribution in [0.2, 0.25) is 0 Å². The largest absolute Gasteiger partial charge is 0.341 e. The van der Waals surface area contributed by atoms with Gasteiger partial charge >= 0.3 is 0 Å². The zero-order valence-electron chi connectivity index (χ0n) is 10.9. The maximum atomic E-state index is 12.4. The van der Waals surface area contributed by atoms with Crippen molar-refractivity contribution in [2.24, 2.45) is 0 Å². The number of thiophene rings is 1. The van der Waals surface area contributed by atoms with E-state index in [0.717, 1.165) is 35.8 Å². The lowest BCUT2D eigenvalue weighted by Gasteiger charge is -2.24. The van der Waals surface area contributed by atoms with E-state index in [2.05, 4.69) is 27.1 Å². The second-order valence-corrected chi connectivity index (χ2v) is 7.44. The van der Waals surface area contributed by atoms with Crippen LogP contribution < -0.4 is 10.6 Å². The van der Waals surface area contributed by atoms with Gasteiger partial charge in [-0.1, -0.05) is 6.07 Å². The Bertz CT molecular complexity index is 627. The minimum absolute atomic E-state index is 0.0203. The molecule has 0 atom stereocenters. The molecule has 2 aromatic rings. The lowest BCUT2D eigenvalue weighted by molar-refractivity contribution is 0.0935. The highest BCUT2D eigenvalue weighted by Crippen LogP contribution is 2.47. The molecule has 6 heteroatoms. The van der Waals surface area contributed by atoms with Gasteiger partial charge < -0.3 is 10.6 Å². The predicted octanol–water partition coefficient (Wildman–Crippen LogP) is 2.31. The molecule has 3 heterocycles. The number of thiazole rings is 1. The number of carbonyl (C=O) groups excluding carboxylic acids is 1. The zero-order valence-corrected chi connectivity index (χ0v) is 12.5. The molecular formula is C14H15N3OS2. The smallest absolute Gasteiger partial charge is 0.263 e. The van der Waals surface area contributed by atoms with Crippen molar-refractivity contribution in [1.29, 1.82) is 0 Å². The van der Waals surface area contributed by atoms with Gasteiger partial charge in [-0.05, 0) is 24.3 Å². The molecule has 1 saturated heterocycles. The van der Waals surface area contributed by atoms with Crippen LogP contribution in [0, 0.1) is 0 Å². The molecule has 0 aromatic carbocycles. The molecule has 0 radical (unpaired) electrons. The molecule has 4 rings (SSSR count). The Hall–Kier alpha value is -1.24. The van der Waals surface area contributed by atoms with Crippen molar-refractivity contribution in [3.63, 3.8) is 0 Å². The molecule has 2 aliphatic rings. The molecule has 0 unspecified atom stereocenters. The summed E-state index contributed by atoms with van der Waals surface area (Å²) in [6.45, 7) is 1.96. The van der Waals surface area contributed by atoms with Crippen molar-refractivity contribution in [3.05, 3.63) is 38.5 Å². The first-order valence-corrected chi connectivity index (χ1v) is 8.49. The second kappa shape index (κ2) is 4.65. The van der Waals surface area contributed by atoms with E-state index in [-0.39, 0.29) is 11.4 Å². The Balaban J connectivity index is 1.49. The maximum Gasteiger partial charge on any atom is 0.263 e. The summed E-state index contributed by atoms with van der Waals surface area (Å²) >= 11 is 3.25. The minimum atomic E-state index is -0.104. The Kier molecular flexibility index (Phi) is 2.90. The van der Waals surface area contributed by atoms with Crippen LogP contribution in [0.1, 0.15) is 38.3 Å². The van der Waals surface area contributed by atoms with Crippen molar-refractivity contribution < 1.29 is 4.79 Å². The quantitative estimate of drug-likeness (QED) is 0.911. The lowest BCUT2D eigenvalue weighted by Crippen LogP contribution is -2.39. The Morgan fingerprint density at radius 3 is 2.90 bits per heavy atom. The third kappa shape index (κ3) is 2.08. The number of amides is 1. The van der Waals surface area contributed by atoms with E-state index in [0.29, 0.717) is 5.92 Å². The highest BCUT2D eigenvalue weighted by molar-refractivity contribution is 7.13. The molecule has 1 amide bonds. The van der Waals surface area contributed by atoms with Gasteiger partial charge in [-0.3, -0.25) is 4.79 Å². The Morgan fingerprint density at radius 2 is 2.30 bits per heavy atom. The Labute approximate surface area is 125 Å². The van der Waals surface area contributed by atoms with Gasteiger partial charge in [0, 0.05) is 23.9 Å². The maximum absolute atomic E-state index is 12.4. The molecule has 1 saturated carbocycles. The van der Waals surface area contributed by atoms with E-state index in [1.165, 1.54) is 16.2 Å². The van der Waals surface area contributed by atoms with Crippen LogP contribution in [0.25, 0.3) is 0 Å². The van der Waals surface area contributed by atoms with Gasteiger partial charge in [0.15, 0.2) is 0 Å². The third-order valence-electron chi connectivity index (χ3n) is 3.97. The average molecular weight is 305 g/mol. The fourth-order valence-corrected chi connectivity index (χ4v) is 4.29. The first-order valence-electron chi connectivity index (χ1n) is 6.80. The minimum Gasteiger partial charge on any atom is -0.341 e. The molecule has 20 heavy (non-hydrogen) atoms. The van der Waals surface area contributed by atoms with Gasteiger partial charge in [-0.15, -0.1) is 22.7 Å². The molecular weight excluding hydrogens is 290 g/mol. The first kappa shape index (κ1) is 12.5. The normalized spacial score (nSPS) is 20.4. The number of hydrogen-bond acceptors (Lipinski definition) is 5. The first-order chi connectivity index (χ1) is 9.77. The molecule has 104 valence electrons. The topological polar surface area (TPSA) is 54.0 Å². The second-order valence-electron chi connectivity index (χ2n) is 5.43. The van der Waals surface area contributed by atoms with Crippen LogP contribution in [-0.2, 0) is 5.54 Å². The number of nitrogens with one attached hydrogen (secondary N) is 2. The highest BCUT2D eigenvalue weighted by Gasteiger charge is 2.46. The van der Waals surface area contributed by atoms with Crippen LogP contribution in [0.15, 0.2) is 23.7 Å². The van der Waals surface area contributed by atoms with Crippen LogP contribution in [-0.4, -0.2) is 24.0 Å². The number of rotatable bonds is 4. The van der Waals surface area contributed by atoms with Crippen molar-refractivity contribution in [2.75, 3.05) is 13.1 Å². The number of carbonyl (C=O) groups is 1. The summed E-state index contributed by atoms with van der Waals surface area (Å²) in [5, 5.41) is 9.58. The predicted molar refractivity (Wildman–Crippen MR) is 80.4 cm³/mol. The summed E-state index contributed by atoms with van der Waals surface area (Å²) in [7, 11) is 0. The fraction of sp³-hybridized carbons (Fsp3) is 0.429. The molecule has 2 fully saturated rings. The lowest BCUT2D eigenvalue weighted by atomic mass is 10.1. The summed E-state index contributed by atoms with van der Waals surface area (Å²) in [6, 6.07) is 4.15. The van der Waals surface area contributed by atoms with Gasteiger partial charge in [0.2, 0.25) is 0 Å². The van der Waals surface area contributed by atoms with Gasteiger partial charge in [0.05, 0.1) is 16.7 Å². The van der Waals surface area contributed by atoms with Gasteiger partial charge in [0.1, 0.15) is 4.88 Å². The molecule has 4 nitrogen and oxygen atoms in total. The molecule has 2 N–H and O–H groups in total. The van der Waals surface area contributed by atoms with Gasteiger partial charge in [-0.2, -0.15) is 0 Å². The fourth-order valence-electron chi connectivity index (χ4n) is 2.43. The number of aromatic nitrogens is 1. The highest BCUT2D eigenvalue weighted by atomic mass is 32.1. The average Bonchev–Trinajstić information content (AvgIpc) is 2.85. The van der Waals surface area contributed by atoms with E-state index in [4.69, 9.17) is 0 Å². The van der Waals surface area contributed by atoms with Crippen LogP contribution >= 0.6 is 22.7 Å². The molecule has 1 aliphatic heterocycles. The van der Waals surface area contributed by atoms with E-state index >= 15 is 0 Å². The molecule has 2 aromatic heterocycles. The van der Waals surface area contributed by atoms with Crippen molar-refractivity contribution in [2.45, 2.75) is 24.3 Å². The summed E-state index contributed by atoms with van der Waals surface area (Å²) < 4.78 is 0. The van der Waals surface area contributed by atoms with Gasteiger partial charge in [0.25, 0.3) is 5.91 Å². The van der Waals surface area contributed by atoms with Crippen molar-refractivity contribution in [1.82, 2.24) is 15.6 Å². The summed E-state index contributed by atoms with van der Waals surface area (Å²) in [5.41, 5.74) is -0.104. The van der Waals surface area contributed by atoms with Crippen LogP contribution in [0.5, 0.6) is 0 Å². The van der Waals surface area contributed by atoms with Crippen LogP contribution in [0.3, 0.4) is 0 Å². The third-order valence-corrected chi connectivity index (χ3v) is 6.21. The molecule has 0 spiro atoms. The van der Waals surface area contributed by atoms with Crippen molar-refractivity contribution >= 4 is 28.6 Å². The van der Waals surface area contributed by atoms with E-state index in [1.54, 1.807) is 17.5 Å². The summed E-state index contributed by atoms with van der Waals surface area (Å²) in [5.74, 6) is 0.515. The van der Waals surface area contributed by atoms with Gasteiger partial charge in [-0.25, -0.2) is 4.98 Å².